The number of halogens is 5. The number of nitrogens with one attached hydrogen (secondary N) is 1. The quantitative estimate of drug-likeness (QED) is 0.227. The highest BCUT2D eigenvalue weighted by Crippen LogP contribution is 2.34. The van der Waals surface area contributed by atoms with Crippen LogP contribution in [0.3, 0.4) is 0 Å². The highest BCUT2D eigenvalue weighted by molar-refractivity contribution is 7.07. The van der Waals surface area contributed by atoms with Gasteiger partial charge in [-0.05, 0) is 36.9 Å². The van der Waals surface area contributed by atoms with E-state index in [2.05, 4.69) is 14.6 Å². The van der Waals surface area contributed by atoms with Crippen molar-refractivity contribution in [1.82, 2.24) is 18.5 Å². The molecule has 0 fully saturated rings. The van der Waals surface area contributed by atoms with E-state index in [1.54, 1.807) is 0 Å². The van der Waals surface area contributed by atoms with Gasteiger partial charge in [0, 0.05) is 30.6 Å². The fraction of sp³-hybridized carbons (Fsp3) is 0.292. The molecular formula is C24H20Cl2F3N5O7S. The monoisotopic (exact) mass is 649 g/mol. The number of carbonyl (C=O) groups excluding carboxylic acids is 2. The second kappa shape index (κ2) is 12.2. The van der Waals surface area contributed by atoms with Gasteiger partial charge in [0.2, 0.25) is 5.71 Å². The molecule has 0 unspecified atom stereocenters. The summed E-state index contributed by atoms with van der Waals surface area (Å²) < 4.78 is 56.1. The summed E-state index contributed by atoms with van der Waals surface area (Å²) in [4.78, 5) is 56.4. The summed E-state index contributed by atoms with van der Waals surface area (Å²) in [5.74, 6) is -1.84. The SMILES string of the molecule is Cc1oc2c(c1CC(=O)N=c1scc(-c3ccc(OC(F)(F)F)c(Cl)c3)n1COC(=O)CNCl)c(=O)n(C)c(=O)n2C. The third-order valence-corrected chi connectivity index (χ3v) is 7.25. The van der Waals surface area contributed by atoms with Crippen molar-refractivity contribution in [2.75, 3.05) is 6.54 Å². The van der Waals surface area contributed by atoms with Crippen molar-refractivity contribution in [3.8, 4) is 17.0 Å². The van der Waals surface area contributed by atoms with E-state index in [0.29, 0.717) is 11.3 Å². The minimum absolute atomic E-state index is 0.00603. The first-order valence-electron chi connectivity index (χ1n) is 11.7. The normalized spacial score (nSPS) is 12.2. The van der Waals surface area contributed by atoms with Crippen molar-refractivity contribution in [3.63, 3.8) is 0 Å². The second-order valence-corrected chi connectivity index (χ2v) is 10.2. The van der Waals surface area contributed by atoms with Gasteiger partial charge in [-0.15, -0.1) is 24.5 Å². The number of amides is 1. The molecule has 0 bridgehead atoms. The summed E-state index contributed by atoms with van der Waals surface area (Å²) in [7, 11) is 2.72. The first-order chi connectivity index (χ1) is 19.7. The highest BCUT2D eigenvalue weighted by atomic mass is 35.5. The van der Waals surface area contributed by atoms with Crippen LogP contribution in [0.5, 0.6) is 5.75 Å². The van der Waals surface area contributed by atoms with Crippen molar-refractivity contribution < 1.29 is 36.7 Å². The lowest BCUT2D eigenvalue weighted by molar-refractivity contribution is -0.274. The maximum Gasteiger partial charge on any atom is 0.573 e. The van der Waals surface area contributed by atoms with Crippen LogP contribution in [-0.2, 0) is 41.6 Å². The molecule has 1 aromatic carbocycles. The first-order valence-corrected chi connectivity index (χ1v) is 13.3. The number of carbonyl (C=O) groups is 2. The van der Waals surface area contributed by atoms with Gasteiger partial charge in [0.1, 0.15) is 23.4 Å². The number of aromatic nitrogens is 3. The van der Waals surface area contributed by atoms with E-state index in [0.717, 1.165) is 26.5 Å². The zero-order chi connectivity index (χ0) is 30.9. The van der Waals surface area contributed by atoms with E-state index in [1.165, 1.54) is 43.1 Å². The Kier molecular flexibility index (Phi) is 9.01. The Morgan fingerprint density at radius 2 is 1.90 bits per heavy atom. The molecule has 0 aliphatic heterocycles. The van der Waals surface area contributed by atoms with Gasteiger partial charge in [-0.3, -0.25) is 28.1 Å². The third kappa shape index (κ3) is 6.46. The molecule has 0 saturated heterocycles. The Morgan fingerprint density at radius 1 is 1.19 bits per heavy atom. The van der Waals surface area contributed by atoms with Crippen molar-refractivity contribution in [3.05, 3.63) is 65.6 Å². The summed E-state index contributed by atoms with van der Waals surface area (Å²) in [6.07, 6.45) is -5.33. The molecule has 4 aromatic rings. The summed E-state index contributed by atoms with van der Waals surface area (Å²) in [5, 5.41) is 1.23. The number of hydrogen-bond donors (Lipinski definition) is 1. The lowest BCUT2D eigenvalue weighted by Crippen LogP contribution is -2.36. The van der Waals surface area contributed by atoms with Gasteiger partial charge in [0.25, 0.3) is 11.5 Å². The molecule has 0 saturated carbocycles. The van der Waals surface area contributed by atoms with Crippen LogP contribution in [0, 0.1) is 6.92 Å². The molecule has 1 N–H and O–H groups in total. The van der Waals surface area contributed by atoms with Crippen molar-refractivity contribution in [2.45, 2.75) is 26.4 Å². The lowest BCUT2D eigenvalue weighted by Gasteiger charge is -2.13. The number of alkyl halides is 3. The van der Waals surface area contributed by atoms with Gasteiger partial charge in [0.05, 0.1) is 17.1 Å². The molecule has 0 atom stereocenters. The van der Waals surface area contributed by atoms with Gasteiger partial charge in [-0.1, -0.05) is 11.6 Å². The largest absolute Gasteiger partial charge is 0.573 e. The van der Waals surface area contributed by atoms with E-state index in [4.69, 9.17) is 32.5 Å². The van der Waals surface area contributed by atoms with Crippen LogP contribution in [0.15, 0.2) is 42.6 Å². The van der Waals surface area contributed by atoms with Crippen molar-refractivity contribution in [2.24, 2.45) is 19.1 Å². The number of esters is 1. The number of aryl methyl sites for hydroxylation is 2. The molecule has 3 heterocycles. The van der Waals surface area contributed by atoms with E-state index in [9.17, 15) is 32.3 Å². The Bertz CT molecular complexity index is 1890. The predicted octanol–water partition coefficient (Wildman–Crippen LogP) is 3.13. The maximum atomic E-state index is 13.1. The average Bonchev–Trinajstić information content (AvgIpc) is 3.46. The Labute approximate surface area is 247 Å². The molecule has 0 radical (unpaired) electrons. The first kappa shape index (κ1) is 31.1. The van der Waals surface area contributed by atoms with E-state index < -0.39 is 42.0 Å². The number of thiazole rings is 1. The van der Waals surface area contributed by atoms with Crippen LogP contribution in [0.25, 0.3) is 22.4 Å². The molecule has 0 aliphatic rings. The Hall–Kier alpha value is -3.86. The Balaban J connectivity index is 1.75. The lowest BCUT2D eigenvalue weighted by atomic mass is 10.1. The molecule has 0 aliphatic carbocycles. The topological polar surface area (TPSA) is 139 Å². The number of ether oxygens (including phenoxy) is 2. The van der Waals surface area contributed by atoms with Gasteiger partial charge in [-0.2, -0.15) is 4.99 Å². The maximum absolute atomic E-state index is 13.1. The second-order valence-electron chi connectivity index (χ2n) is 8.69. The standard InChI is InChI=1S/C24H20Cl2F3N5O7S/c1-11-13(19-20(37)32(2)23(38)33(3)21(19)40-11)7-17(35)31-22-34(10-39-18(36)8-30-26)15(9-42-22)12-4-5-16(14(25)6-12)41-24(27,28)29/h4-6,9,30H,7-8,10H2,1-3H3. The van der Waals surface area contributed by atoms with Crippen LogP contribution < -0.4 is 25.6 Å². The van der Waals surface area contributed by atoms with Crippen LogP contribution in [0.4, 0.5) is 13.2 Å². The fourth-order valence-corrected chi connectivity index (χ4v) is 5.22. The van der Waals surface area contributed by atoms with Gasteiger partial charge in [-0.25, -0.2) is 9.63 Å². The molecule has 4 rings (SSSR count). The number of furan rings is 1. The molecule has 12 nitrogen and oxygen atoms in total. The fourth-order valence-electron chi connectivity index (χ4n) is 3.98. The van der Waals surface area contributed by atoms with Crippen molar-refractivity contribution in [1.29, 1.82) is 0 Å². The summed E-state index contributed by atoms with van der Waals surface area (Å²) in [6, 6.07) is 3.51. The van der Waals surface area contributed by atoms with E-state index in [-0.39, 0.29) is 45.2 Å². The molecular weight excluding hydrogens is 630 g/mol. The summed E-state index contributed by atoms with van der Waals surface area (Å²) in [5.41, 5.74) is -0.403. The predicted molar refractivity (Wildman–Crippen MR) is 145 cm³/mol. The molecule has 0 spiro atoms. The third-order valence-electron chi connectivity index (χ3n) is 5.95. The van der Waals surface area contributed by atoms with Crippen molar-refractivity contribution >= 4 is 57.7 Å². The smallest absolute Gasteiger partial charge is 0.444 e. The van der Waals surface area contributed by atoms with Gasteiger partial charge in [0.15, 0.2) is 11.5 Å². The number of nitrogens with zero attached hydrogens (tertiary/aromatic N) is 4. The van der Waals surface area contributed by atoms with Crippen LogP contribution in [0.1, 0.15) is 11.3 Å². The number of benzene rings is 1. The molecule has 18 heteroatoms. The minimum Gasteiger partial charge on any atom is -0.444 e. The number of hydrogen-bond acceptors (Lipinski definition) is 9. The van der Waals surface area contributed by atoms with Crippen LogP contribution >= 0.6 is 34.7 Å². The zero-order valence-electron chi connectivity index (χ0n) is 21.9. The zero-order valence-corrected chi connectivity index (χ0v) is 24.2. The Morgan fingerprint density at radius 3 is 2.55 bits per heavy atom. The van der Waals surface area contributed by atoms with E-state index in [1.807, 2.05) is 0 Å². The number of rotatable bonds is 8. The molecule has 224 valence electrons. The molecule has 3 aromatic heterocycles. The van der Waals surface area contributed by atoms with Gasteiger partial charge >= 0.3 is 18.0 Å². The molecule has 42 heavy (non-hydrogen) atoms. The van der Waals surface area contributed by atoms with Gasteiger partial charge < -0.3 is 13.9 Å². The summed E-state index contributed by atoms with van der Waals surface area (Å²) >= 11 is 12.3. The van der Waals surface area contributed by atoms with Crippen LogP contribution in [0.2, 0.25) is 5.02 Å². The summed E-state index contributed by atoms with van der Waals surface area (Å²) in [6.45, 7) is 0.750. The van der Waals surface area contributed by atoms with E-state index >= 15 is 0 Å². The minimum atomic E-state index is -4.96. The molecule has 1 amide bonds. The highest BCUT2D eigenvalue weighted by Gasteiger charge is 2.32. The van der Waals surface area contributed by atoms with Crippen LogP contribution in [-0.4, -0.2) is 38.5 Å². The number of fused-ring (bicyclic) bond motifs is 1. The average molecular weight is 650 g/mol.